The molecule has 17 heavy (non-hydrogen) atoms. The van der Waals surface area contributed by atoms with Crippen LogP contribution in [-0.4, -0.2) is 17.6 Å². The van der Waals surface area contributed by atoms with Crippen LogP contribution in [0.15, 0.2) is 28.2 Å². The van der Waals surface area contributed by atoms with Crippen molar-refractivity contribution in [1.29, 1.82) is 0 Å². The third kappa shape index (κ3) is 3.98. The smallest absolute Gasteiger partial charge is 0.105 e. The van der Waals surface area contributed by atoms with Gasteiger partial charge in [-0.15, -0.1) is 11.3 Å². The number of hydrogen-bond donors (Lipinski definition) is 1. The molecule has 0 radical (unpaired) electrons. The van der Waals surface area contributed by atoms with E-state index in [-0.39, 0.29) is 0 Å². The summed E-state index contributed by atoms with van der Waals surface area (Å²) in [6.45, 7) is 5.18. The largest absolute Gasteiger partial charge is 0.469 e. The van der Waals surface area contributed by atoms with Gasteiger partial charge < -0.3 is 9.73 Å². The molecule has 0 aliphatic carbocycles. The van der Waals surface area contributed by atoms with E-state index in [2.05, 4.69) is 22.6 Å². The lowest BCUT2D eigenvalue weighted by atomic mass is 10.2. The summed E-state index contributed by atoms with van der Waals surface area (Å²) >= 11 is 1.71. The summed E-state index contributed by atoms with van der Waals surface area (Å²) in [7, 11) is 0. The van der Waals surface area contributed by atoms with E-state index < -0.39 is 0 Å². The topological polar surface area (TPSA) is 38.1 Å². The van der Waals surface area contributed by atoms with Gasteiger partial charge in [-0.1, -0.05) is 0 Å². The Labute approximate surface area is 106 Å². The fraction of sp³-hybridized carbons (Fsp3) is 0.462. The lowest BCUT2D eigenvalue weighted by molar-refractivity contribution is 0.458. The molecule has 2 aromatic heterocycles. The minimum absolute atomic E-state index is 0.431. The van der Waals surface area contributed by atoms with Crippen LogP contribution in [0.25, 0.3) is 0 Å². The van der Waals surface area contributed by atoms with E-state index in [1.165, 1.54) is 5.69 Å². The highest BCUT2D eigenvalue weighted by molar-refractivity contribution is 7.09. The van der Waals surface area contributed by atoms with E-state index in [1.54, 1.807) is 17.6 Å². The Morgan fingerprint density at radius 1 is 1.53 bits per heavy atom. The molecule has 0 amide bonds. The van der Waals surface area contributed by atoms with Gasteiger partial charge in [0.05, 0.1) is 17.0 Å². The molecule has 1 N–H and O–H groups in total. The van der Waals surface area contributed by atoms with Gasteiger partial charge in [0.1, 0.15) is 5.76 Å². The summed E-state index contributed by atoms with van der Waals surface area (Å²) in [5.74, 6) is 1.04. The average Bonchev–Trinajstić information content (AvgIpc) is 2.90. The fourth-order valence-electron chi connectivity index (χ4n) is 1.77. The number of nitrogens with one attached hydrogen (secondary N) is 1. The van der Waals surface area contributed by atoms with Crippen LogP contribution in [-0.2, 0) is 12.8 Å². The first-order valence-electron chi connectivity index (χ1n) is 5.91. The molecule has 0 spiro atoms. The highest BCUT2D eigenvalue weighted by atomic mass is 32.1. The molecule has 0 fully saturated rings. The van der Waals surface area contributed by atoms with E-state index >= 15 is 0 Å². The molecule has 0 bridgehead atoms. The summed E-state index contributed by atoms with van der Waals surface area (Å²) in [4.78, 5) is 4.44. The molecule has 0 saturated carbocycles. The maximum Gasteiger partial charge on any atom is 0.105 e. The monoisotopic (exact) mass is 250 g/mol. The van der Waals surface area contributed by atoms with Gasteiger partial charge in [-0.05, 0) is 26.0 Å². The summed E-state index contributed by atoms with van der Waals surface area (Å²) in [6, 6.07) is 4.38. The Balaban J connectivity index is 1.68. The van der Waals surface area contributed by atoms with E-state index in [9.17, 15) is 0 Å². The van der Waals surface area contributed by atoms with E-state index in [4.69, 9.17) is 4.42 Å². The van der Waals surface area contributed by atoms with Gasteiger partial charge >= 0.3 is 0 Å². The lowest BCUT2D eigenvalue weighted by Gasteiger charge is -2.11. The first-order chi connectivity index (χ1) is 8.24. The van der Waals surface area contributed by atoms with Crippen LogP contribution < -0.4 is 5.32 Å². The van der Waals surface area contributed by atoms with Crippen LogP contribution in [0.3, 0.4) is 0 Å². The van der Waals surface area contributed by atoms with Crippen molar-refractivity contribution in [2.75, 3.05) is 6.54 Å². The Hall–Kier alpha value is -1.13. The van der Waals surface area contributed by atoms with Crippen LogP contribution in [0.2, 0.25) is 0 Å². The van der Waals surface area contributed by atoms with Gasteiger partial charge in [-0.25, -0.2) is 4.98 Å². The van der Waals surface area contributed by atoms with E-state index in [0.717, 1.165) is 30.2 Å². The number of furan rings is 1. The minimum atomic E-state index is 0.431. The molecule has 2 aromatic rings. The van der Waals surface area contributed by atoms with Crippen molar-refractivity contribution >= 4 is 11.3 Å². The molecule has 2 rings (SSSR count). The number of aryl methyl sites for hydroxylation is 1. The molecule has 1 atom stereocenters. The number of hydrogen-bond acceptors (Lipinski definition) is 4. The van der Waals surface area contributed by atoms with Crippen molar-refractivity contribution in [1.82, 2.24) is 10.3 Å². The molecule has 92 valence electrons. The standard InChI is InChI=1S/C13H18N2OS/c1-10(8-13-4-3-7-16-13)14-6-5-12-9-17-11(2)15-12/h3-4,7,9-10,14H,5-6,8H2,1-2H3. The average molecular weight is 250 g/mol. The van der Waals surface area contributed by atoms with Crippen molar-refractivity contribution < 1.29 is 4.42 Å². The normalized spacial score (nSPS) is 12.8. The predicted octanol–water partition coefficient (Wildman–Crippen LogP) is 2.81. The van der Waals surface area contributed by atoms with Crippen LogP contribution in [0.5, 0.6) is 0 Å². The summed E-state index contributed by atoms with van der Waals surface area (Å²) < 4.78 is 5.32. The van der Waals surface area contributed by atoms with E-state index in [1.807, 2.05) is 19.1 Å². The zero-order valence-corrected chi connectivity index (χ0v) is 11.1. The quantitative estimate of drug-likeness (QED) is 0.856. The molecule has 1 unspecified atom stereocenters. The van der Waals surface area contributed by atoms with Crippen LogP contribution in [0.1, 0.15) is 23.4 Å². The van der Waals surface area contributed by atoms with Crippen LogP contribution in [0, 0.1) is 6.92 Å². The Bertz CT molecular complexity index is 436. The molecule has 0 aliphatic rings. The Kier molecular flexibility index (Phi) is 4.34. The van der Waals surface area contributed by atoms with Gasteiger partial charge in [0.25, 0.3) is 0 Å². The first kappa shape index (κ1) is 12.3. The first-order valence-corrected chi connectivity index (χ1v) is 6.79. The maximum atomic E-state index is 5.32. The predicted molar refractivity (Wildman–Crippen MR) is 70.4 cm³/mol. The molecular formula is C13H18N2OS. The number of thiazole rings is 1. The summed E-state index contributed by atoms with van der Waals surface area (Å²) in [5.41, 5.74) is 1.19. The molecule has 2 heterocycles. The van der Waals surface area contributed by atoms with Crippen LogP contribution >= 0.6 is 11.3 Å². The van der Waals surface area contributed by atoms with Crippen molar-refractivity contribution in [3.8, 4) is 0 Å². The van der Waals surface area contributed by atoms with Crippen molar-refractivity contribution in [3.05, 3.63) is 40.2 Å². The van der Waals surface area contributed by atoms with Crippen molar-refractivity contribution in [2.24, 2.45) is 0 Å². The molecule has 0 aliphatic heterocycles. The second-order valence-corrected chi connectivity index (χ2v) is 5.31. The van der Waals surface area contributed by atoms with Gasteiger partial charge in [0, 0.05) is 30.8 Å². The number of nitrogens with zero attached hydrogens (tertiary/aromatic N) is 1. The number of rotatable bonds is 6. The van der Waals surface area contributed by atoms with E-state index in [0.29, 0.717) is 6.04 Å². The van der Waals surface area contributed by atoms with Gasteiger partial charge in [0.2, 0.25) is 0 Å². The lowest BCUT2D eigenvalue weighted by Crippen LogP contribution is -2.29. The second-order valence-electron chi connectivity index (χ2n) is 4.25. The van der Waals surface area contributed by atoms with Gasteiger partial charge in [-0.3, -0.25) is 0 Å². The zero-order valence-electron chi connectivity index (χ0n) is 10.3. The molecule has 0 saturated heterocycles. The van der Waals surface area contributed by atoms with Crippen LogP contribution in [0.4, 0.5) is 0 Å². The zero-order chi connectivity index (χ0) is 12.1. The fourth-order valence-corrected chi connectivity index (χ4v) is 2.42. The van der Waals surface area contributed by atoms with Crippen molar-refractivity contribution in [2.45, 2.75) is 32.7 Å². The second kappa shape index (κ2) is 5.98. The molecule has 4 heteroatoms. The maximum absolute atomic E-state index is 5.32. The van der Waals surface area contributed by atoms with Crippen molar-refractivity contribution in [3.63, 3.8) is 0 Å². The Morgan fingerprint density at radius 2 is 2.41 bits per heavy atom. The molecule has 3 nitrogen and oxygen atoms in total. The molecular weight excluding hydrogens is 232 g/mol. The summed E-state index contributed by atoms with van der Waals surface area (Å²) in [6.07, 6.45) is 3.65. The van der Waals surface area contributed by atoms with Gasteiger partial charge in [0.15, 0.2) is 0 Å². The van der Waals surface area contributed by atoms with Gasteiger partial charge in [-0.2, -0.15) is 0 Å². The number of aromatic nitrogens is 1. The Morgan fingerprint density at radius 3 is 3.06 bits per heavy atom. The molecule has 0 aromatic carbocycles. The highest BCUT2D eigenvalue weighted by Gasteiger charge is 2.05. The SMILES string of the molecule is Cc1nc(CCNC(C)Cc2ccco2)cs1. The minimum Gasteiger partial charge on any atom is -0.469 e. The third-order valence-corrected chi connectivity index (χ3v) is 3.45. The third-order valence-electron chi connectivity index (χ3n) is 2.63. The highest BCUT2D eigenvalue weighted by Crippen LogP contribution is 2.08. The summed E-state index contributed by atoms with van der Waals surface area (Å²) in [5, 5.41) is 6.76.